The third-order valence-corrected chi connectivity index (χ3v) is 6.50. The molecule has 1 atom stereocenters. The van der Waals surface area contributed by atoms with Crippen molar-refractivity contribution in [3.05, 3.63) is 88.4 Å². The van der Waals surface area contributed by atoms with Crippen molar-refractivity contribution in [3.8, 4) is 0 Å². The van der Waals surface area contributed by atoms with E-state index in [1.807, 2.05) is 56.3 Å². The zero-order chi connectivity index (χ0) is 23.4. The monoisotopic (exact) mass is 478 g/mol. The average Bonchev–Trinajstić information content (AvgIpc) is 3.21. The SMILES string of the molecule is CC[C@@H](NC(=O)Nc1nc2ccc(C(=O)Nc3c(C)cccc3Cl)cc2s1)c1ccccc1. The van der Waals surface area contributed by atoms with Gasteiger partial charge in [0.2, 0.25) is 0 Å². The number of fused-ring (bicyclic) bond motifs is 1. The fraction of sp³-hybridized carbons (Fsp3) is 0.160. The van der Waals surface area contributed by atoms with Crippen LogP contribution in [0.2, 0.25) is 5.02 Å². The maximum atomic E-state index is 12.8. The van der Waals surface area contributed by atoms with E-state index in [1.54, 1.807) is 24.3 Å². The normalized spacial score (nSPS) is 11.7. The van der Waals surface area contributed by atoms with Crippen LogP contribution in [-0.4, -0.2) is 16.9 Å². The van der Waals surface area contributed by atoms with Crippen LogP contribution in [0.4, 0.5) is 15.6 Å². The summed E-state index contributed by atoms with van der Waals surface area (Å²) in [5.41, 5.74) is 3.71. The third kappa shape index (κ3) is 5.32. The summed E-state index contributed by atoms with van der Waals surface area (Å²) in [6, 6.07) is 20.1. The molecular weight excluding hydrogens is 456 g/mol. The average molecular weight is 479 g/mol. The highest BCUT2D eigenvalue weighted by atomic mass is 35.5. The van der Waals surface area contributed by atoms with E-state index in [2.05, 4.69) is 20.9 Å². The van der Waals surface area contributed by atoms with Gasteiger partial charge < -0.3 is 10.6 Å². The number of halogens is 1. The molecule has 3 amide bonds. The Morgan fingerprint density at radius 3 is 2.55 bits per heavy atom. The molecule has 4 rings (SSSR count). The number of aromatic nitrogens is 1. The Morgan fingerprint density at radius 2 is 1.82 bits per heavy atom. The lowest BCUT2D eigenvalue weighted by Gasteiger charge is -2.17. The quantitative estimate of drug-likeness (QED) is 0.285. The molecule has 4 aromatic rings. The summed E-state index contributed by atoms with van der Waals surface area (Å²) in [4.78, 5) is 29.8. The Morgan fingerprint density at radius 1 is 1.03 bits per heavy atom. The molecule has 0 unspecified atom stereocenters. The molecule has 1 aromatic heterocycles. The van der Waals surface area contributed by atoms with Crippen molar-refractivity contribution in [1.29, 1.82) is 0 Å². The number of hydrogen-bond donors (Lipinski definition) is 3. The number of benzene rings is 3. The van der Waals surface area contributed by atoms with E-state index >= 15 is 0 Å². The lowest BCUT2D eigenvalue weighted by Crippen LogP contribution is -2.32. The highest BCUT2D eigenvalue weighted by molar-refractivity contribution is 7.22. The molecule has 0 aliphatic heterocycles. The van der Waals surface area contributed by atoms with E-state index in [4.69, 9.17) is 11.6 Å². The van der Waals surface area contributed by atoms with Crippen LogP contribution in [0.1, 0.15) is 40.9 Å². The predicted molar refractivity (Wildman–Crippen MR) is 135 cm³/mol. The Balaban J connectivity index is 1.46. The number of thiazole rings is 1. The number of urea groups is 1. The van der Waals surface area contributed by atoms with Crippen LogP contribution < -0.4 is 16.0 Å². The maximum Gasteiger partial charge on any atom is 0.321 e. The van der Waals surface area contributed by atoms with Gasteiger partial charge in [0.05, 0.1) is 27.0 Å². The van der Waals surface area contributed by atoms with Gasteiger partial charge >= 0.3 is 6.03 Å². The van der Waals surface area contributed by atoms with Crippen molar-refractivity contribution in [3.63, 3.8) is 0 Å². The highest BCUT2D eigenvalue weighted by Gasteiger charge is 2.16. The summed E-state index contributed by atoms with van der Waals surface area (Å²) >= 11 is 7.54. The van der Waals surface area contributed by atoms with Crippen molar-refractivity contribution in [2.24, 2.45) is 0 Å². The largest absolute Gasteiger partial charge is 0.331 e. The summed E-state index contributed by atoms with van der Waals surface area (Å²) in [6.07, 6.45) is 0.765. The smallest absolute Gasteiger partial charge is 0.321 e. The lowest BCUT2D eigenvalue weighted by molar-refractivity contribution is 0.102. The van der Waals surface area contributed by atoms with Gasteiger partial charge in [-0.3, -0.25) is 10.1 Å². The number of anilines is 2. The number of aryl methyl sites for hydroxylation is 1. The number of carbonyl (C=O) groups excluding carboxylic acids is 2. The number of amides is 3. The molecule has 3 N–H and O–H groups in total. The van der Waals surface area contributed by atoms with E-state index in [-0.39, 0.29) is 18.0 Å². The number of carbonyl (C=O) groups is 2. The van der Waals surface area contributed by atoms with Crippen LogP contribution in [0.3, 0.4) is 0 Å². The molecule has 0 fully saturated rings. The zero-order valence-electron chi connectivity index (χ0n) is 18.2. The van der Waals surface area contributed by atoms with Gasteiger partial charge in [-0.25, -0.2) is 9.78 Å². The number of para-hydroxylation sites is 1. The van der Waals surface area contributed by atoms with E-state index in [0.717, 1.165) is 22.2 Å². The van der Waals surface area contributed by atoms with Crippen molar-refractivity contribution in [2.45, 2.75) is 26.3 Å². The first-order valence-electron chi connectivity index (χ1n) is 10.5. The first-order valence-corrected chi connectivity index (χ1v) is 11.7. The Bertz CT molecular complexity index is 1290. The number of nitrogens with one attached hydrogen (secondary N) is 3. The molecule has 3 aromatic carbocycles. The summed E-state index contributed by atoms with van der Waals surface area (Å²) in [6.45, 7) is 3.91. The van der Waals surface area contributed by atoms with Crippen LogP contribution in [0.5, 0.6) is 0 Å². The van der Waals surface area contributed by atoms with E-state index < -0.39 is 0 Å². The number of nitrogens with zero attached hydrogens (tertiary/aromatic N) is 1. The fourth-order valence-electron chi connectivity index (χ4n) is 3.49. The van der Waals surface area contributed by atoms with Gasteiger partial charge in [0, 0.05) is 5.56 Å². The molecule has 0 saturated heterocycles. The topological polar surface area (TPSA) is 83.1 Å². The first-order chi connectivity index (χ1) is 15.9. The van der Waals surface area contributed by atoms with Crippen molar-refractivity contribution in [2.75, 3.05) is 10.6 Å². The molecular formula is C25H23ClN4O2S. The second-order valence-electron chi connectivity index (χ2n) is 7.56. The second kappa shape index (κ2) is 10.0. The Labute approximate surface area is 201 Å². The zero-order valence-corrected chi connectivity index (χ0v) is 19.8. The van der Waals surface area contributed by atoms with Crippen LogP contribution in [0.15, 0.2) is 66.7 Å². The summed E-state index contributed by atoms with van der Waals surface area (Å²) in [5, 5.41) is 9.62. The minimum Gasteiger partial charge on any atom is -0.331 e. The van der Waals surface area contributed by atoms with Gasteiger partial charge in [-0.1, -0.05) is 72.3 Å². The summed E-state index contributed by atoms with van der Waals surface area (Å²) < 4.78 is 0.795. The summed E-state index contributed by atoms with van der Waals surface area (Å²) in [7, 11) is 0. The molecule has 0 aliphatic rings. The van der Waals surface area contributed by atoms with Gasteiger partial charge in [-0.05, 0) is 48.7 Å². The number of hydrogen-bond acceptors (Lipinski definition) is 4. The molecule has 0 saturated carbocycles. The Kier molecular flexibility index (Phi) is 6.91. The fourth-order valence-corrected chi connectivity index (χ4v) is 4.66. The molecule has 33 heavy (non-hydrogen) atoms. The minimum atomic E-state index is -0.322. The molecule has 0 aliphatic carbocycles. The van der Waals surface area contributed by atoms with Gasteiger partial charge in [-0.15, -0.1) is 0 Å². The van der Waals surface area contributed by atoms with Crippen molar-refractivity contribution < 1.29 is 9.59 Å². The molecule has 0 bridgehead atoms. The molecule has 6 nitrogen and oxygen atoms in total. The van der Waals surface area contributed by atoms with Crippen molar-refractivity contribution >= 4 is 55.9 Å². The lowest BCUT2D eigenvalue weighted by atomic mass is 10.1. The minimum absolute atomic E-state index is 0.0934. The van der Waals surface area contributed by atoms with E-state index in [0.29, 0.717) is 26.9 Å². The number of rotatable bonds is 6. The van der Waals surface area contributed by atoms with Gasteiger partial charge in [0.15, 0.2) is 5.13 Å². The van der Waals surface area contributed by atoms with Crippen molar-refractivity contribution in [1.82, 2.24) is 10.3 Å². The molecule has 8 heteroatoms. The highest BCUT2D eigenvalue weighted by Crippen LogP contribution is 2.29. The summed E-state index contributed by atoms with van der Waals surface area (Å²) in [5.74, 6) is -0.262. The van der Waals surface area contributed by atoms with E-state index in [1.165, 1.54) is 11.3 Å². The second-order valence-corrected chi connectivity index (χ2v) is 9.00. The molecule has 168 valence electrons. The predicted octanol–water partition coefficient (Wildman–Crippen LogP) is 6.78. The third-order valence-electron chi connectivity index (χ3n) is 5.25. The van der Waals surface area contributed by atoms with Gasteiger partial charge in [0.25, 0.3) is 5.91 Å². The van der Waals surface area contributed by atoms with Gasteiger partial charge in [0.1, 0.15) is 0 Å². The van der Waals surface area contributed by atoms with Crippen LogP contribution in [0, 0.1) is 6.92 Å². The molecule has 0 spiro atoms. The van der Waals surface area contributed by atoms with Crippen LogP contribution >= 0.6 is 22.9 Å². The maximum absolute atomic E-state index is 12.8. The van der Waals surface area contributed by atoms with Crippen LogP contribution in [-0.2, 0) is 0 Å². The van der Waals surface area contributed by atoms with Gasteiger partial charge in [-0.2, -0.15) is 0 Å². The first kappa shape index (κ1) is 22.8. The standard InChI is InChI=1S/C25H23ClN4O2S/c1-3-19(16-9-5-4-6-10-16)27-24(32)30-25-28-20-13-12-17(14-21(20)33-25)23(31)29-22-15(2)8-7-11-18(22)26/h4-14,19H,3H2,1-2H3,(H,29,31)(H2,27,28,30,32)/t19-/m1/s1. The molecule has 1 heterocycles. The van der Waals surface area contributed by atoms with Crippen LogP contribution in [0.25, 0.3) is 10.2 Å². The Hall–Kier alpha value is -3.42. The molecule has 0 radical (unpaired) electrons. The van der Waals surface area contributed by atoms with E-state index in [9.17, 15) is 9.59 Å².